The van der Waals surface area contributed by atoms with Crippen LogP contribution in [0.25, 0.3) is 99.5 Å². The van der Waals surface area contributed by atoms with Crippen LogP contribution in [0.2, 0.25) is 0 Å². The summed E-state index contributed by atoms with van der Waals surface area (Å²) in [5.41, 5.74) is 26.7. The molecule has 0 aliphatic carbocycles. The molecular formula is C94H83BN4. The largest absolute Gasteiger partial charge is 0.310 e. The predicted octanol–water partition coefficient (Wildman–Crippen LogP) is 23.8. The van der Waals surface area contributed by atoms with Crippen LogP contribution < -0.4 is 26.2 Å². The van der Waals surface area contributed by atoms with Gasteiger partial charge in [-0.15, -0.1) is 0 Å². The lowest BCUT2D eigenvalue weighted by molar-refractivity contribution is 0.590. The van der Waals surface area contributed by atoms with Gasteiger partial charge in [0.1, 0.15) is 0 Å². The third-order valence-corrected chi connectivity index (χ3v) is 21.0. The summed E-state index contributed by atoms with van der Waals surface area (Å²) in [6.45, 7) is 27.2. The van der Waals surface area contributed by atoms with Gasteiger partial charge in [0.05, 0.1) is 40.3 Å². The zero-order valence-corrected chi connectivity index (χ0v) is 58.6. The molecule has 0 saturated carbocycles. The zero-order chi connectivity index (χ0) is 72.4. The van der Waals surface area contributed by atoms with Gasteiger partial charge in [-0.05, 0) is 167 Å². The number of nitrogens with zero attached hydrogens (tertiary/aromatic N) is 4. The van der Waals surface area contributed by atoms with Gasteiger partial charge in [-0.2, -0.15) is 0 Å². The zero-order valence-electron chi connectivity index (χ0n) is 63.6. The van der Waals surface area contributed by atoms with Gasteiger partial charge in [0, 0.05) is 72.4 Å². The van der Waals surface area contributed by atoms with E-state index in [4.69, 9.17) is 4.11 Å². The fourth-order valence-electron chi connectivity index (χ4n) is 15.8. The van der Waals surface area contributed by atoms with Gasteiger partial charge in [0.25, 0.3) is 6.71 Å². The van der Waals surface area contributed by atoms with E-state index < -0.39 is 18.2 Å². The van der Waals surface area contributed by atoms with Crippen molar-refractivity contribution in [2.75, 3.05) is 9.80 Å². The average molecular weight is 1280 g/mol. The Bertz CT molecular complexity index is 5870. The molecule has 0 fully saturated rings. The van der Waals surface area contributed by atoms with E-state index in [1.807, 2.05) is 6.07 Å². The van der Waals surface area contributed by atoms with Crippen molar-refractivity contribution >= 4 is 101 Å². The van der Waals surface area contributed by atoms with Crippen LogP contribution in [0.4, 0.5) is 34.1 Å². The Morgan fingerprint density at radius 2 is 0.747 bits per heavy atom. The number of benzene rings is 13. The van der Waals surface area contributed by atoms with Crippen molar-refractivity contribution in [3.05, 3.63) is 307 Å². The third kappa shape index (κ3) is 10.2. The molecule has 2 aliphatic rings. The molecule has 0 N–H and O–H groups in total. The van der Waals surface area contributed by atoms with Crippen LogP contribution in [0.1, 0.15) is 112 Å². The van der Waals surface area contributed by atoms with Gasteiger partial charge in [0.2, 0.25) is 0 Å². The van der Waals surface area contributed by atoms with Crippen molar-refractivity contribution in [2.24, 2.45) is 0 Å². The normalized spacial score (nSPS) is 13.9. The van der Waals surface area contributed by atoms with Gasteiger partial charge in [-0.25, -0.2) is 0 Å². The smallest absolute Gasteiger partial charge is 0.252 e. The Labute approximate surface area is 591 Å². The standard InChI is InChI=1S/C94H83BN4/c1-91(2,3)65-43-40-63(41-44-65)73-48-53-82-87(74-36-25-26-39-79(74)96(82)69-34-23-16-24-35-69)90(73)99-84-59-70(97-80-51-45-66(92(4,5)6)55-75(80)76-56-67(93(7,8)9)46-52-81(76)97)47-50-78(84)95-77-49-42-64(60-28-17-13-18-29-60)54-83(77)98(85-57-68(94(10,11)12)58-86(99)88(85)95)89-71(61-30-19-14-20-31-61)37-27-38-72(89)62-32-21-15-22-33-62/h13-59H,1-12H3/i13D,17D,18D,28D,29D. The molecule has 17 rings (SSSR count). The lowest BCUT2D eigenvalue weighted by atomic mass is 9.33. The highest BCUT2D eigenvalue weighted by Crippen LogP contribution is 2.55. The molecule has 0 spiro atoms. The fourth-order valence-corrected chi connectivity index (χ4v) is 15.8. The Morgan fingerprint density at radius 1 is 0.293 bits per heavy atom. The van der Waals surface area contributed by atoms with E-state index in [-0.39, 0.29) is 46.0 Å². The number of hydrogen-bond donors (Lipinski definition) is 0. The maximum absolute atomic E-state index is 9.58. The highest BCUT2D eigenvalue weighted by atomic mass is 15.2. The molecule has 0 bridgehead atoms. The minimum absolute atomic E-state index is 0.0926. The first-order chi connectivity index (χ1) is 49.7. The SMILES string of the molecule is [2H]c1c([2H])c([2H])c(-c2ccc3c(c2)N(c2c(-c4ccccc4)cccc2-c2ccccc2)c2cc(C(C)(C)C)cc4c2B3c2ccc(-n3c5ccc(C(C)(C)C)cc5c5cc(C(C)(C)C)ccc53)cc2N4c2c(-c3ccc(C(C)(C)C)cc3)ccc3c2c2ccccc2n3-c2ccccc2)c([2H])c1[2H]. The number of hydrogen-bond acceptors (Lipinski definition) is 2. The van der Waals surface area contributed by atoms with Gasteiger partial charge in [0.15, 0.2) is 0 Å². The topological polar surface area (TPSA) is 16.3 Å². The summed E-state index contributed by atoms with van der Waals surface area (Å²) in [7, 11) is 0. The summed E-state index contributed by atoms with van der Waals surface area (Å²) in [5.74, 6) is 0. The average Bonchev–Trinajstić information content (AvgIpc) is 0.873. The Balaban J connectivity index is 1.07. The maximum Gasteiger partial charge on any atom is 0.252 e. The molecule has 99 heavy (non-hydrogen) atoms. The minimum Gasteiger partial charge on any atom is -0.310 e. The Kier molecular flexibility index (Phi) is 13.0. The van der Waals surface area contributed by atoms with Crippen LogP contribution in [0.3, 0.4) is 0 Å². The van der Waals surface area contributed by atoms with Crippen LogP contribution in [-0.2, 0) is 21.7 Å². The van der Waals surface area contributed by atoms with Crippen LogP contribution in [0.15, 0.2) is 285 Å². The van der Waals surface area contributed by atoms with Crippen LogP contribution >= 0.6 is 0 Å². The molecule has 0 radical (unpaired) electrons. The molecule has 0 saturated heterocycles. The molecule has 15 aromatic rings. The summed E-state index contributed by atoms with van der Waals surface area (Å²) in [5, 5.41) is 4.65. The minimum atomic E-state index is -0.432. The van der Waals surface area contributed by atoms with E-state index in [0.29, 0.717) is 5.56 Å². The van der Waals surface area contributed by atoms with E-state index in [2.05, 4.69) is 351 Å². The third-order valence-electron chi connectivity index (χ3n) is 21.0. The van der Waals surface area contributed by atoms with Crippen molar-refractivity contribution in [1.82, 2.24) is 9.13 Å². The quantitative estimate of drug-likeness (QED) is 0.141. The Hall–Kier alpha value is -10.9. The van der Waals surface area contributed by atoms with Gasteiger partial charge < -0.3 is 18.9 Å². The second-order valence-corrected chi connectivity index (χ2v) is 31.4. The van der Waals surface area contributed by atoms with Gasteiger partial charge in [-0.1, -0.05) is 289 Å². The molecule has 0 amide bonds. The summed E-state index contributed by atoms with van der Waals surface area (Å²) in [6, 6.07) is 92.6. The van der Waals surface area contributed by atoms with Gasteiger partial charge >= 0.3 is 0 Å². The summed E-state index contributed by atoms with van der Waals surface area (Å²) in [6.07, 6.45) is 0. The molecule has 0 unspecified atom stereocenters. The Morgan fingerprint density at radius 3 is 1.32 bits per heavy atom. The van der Waals surface area contributed by atoms with Crippen molar-refractivity contribution in [3.8, 4) is 55.9 Å². The van der Waals surface area contributed by atoms with E-state index in [1.165, 1.54) is 27.5 Å². The molecule has 2 aliphatic heterocycles. The van der Waals surface area contributed by atoms with Crippen LogP contribution in [0.5, 0.6) is 0 Å². The molecule has 5 heteroatoms. The monoisotopic (exact) mass is 1280 g/mol. The highest BCUT2D eigenvalue weighted by molar-refractivity contribution is 7.00. The van der Waals surface area contributed by atoms with Crippen molar-refractivity contribution in [1.29, 1.82) is 0 Å². The molecule has 13 aromatic carbocycles. The number of anilines is 6. The second-order valence-electron chi connectivity index (χ2n) is 31.4. The molecule has 2 aromatic heterocycles. The predicted molar refractivity (Wildman–Crippen MR) is 426 cm³/mol. The lowest BCUT2D eigenvalue weighted by Gasteiger charge is -2.46. The lowest BCUT2D eigenvalue weighted by Crippen LogP contribution is -2.61. The molecular weight excluding hydrogens is 1200 g/mol. The van der Waals surface area contributed by atoms with Crippen molar-refractivity contribution in [3.63, 3.8) is 0 Å². The van der Waals surface area contributed by atoms with E-state index >= 15 is 0 Å². The van der Waals surface area contributed by atoms with Crippen molar-refractivity contribution < 1.29 is 6.85 Å². The summed E-state index contributed by atoms with van der Waals surface area (Å²) in [4.78, 5) is 5.14. The molecule has 0 atom stereocenters. The number of para-hydroxylation sites is 3. The number of fused-ring (bicyclic) bond motifs is 10. The van der Waals surface area contributed by atoms with Crippen LogP contribution in [-0.4, -0.2) is 15.8 Å². The molecule has 4 heterocycles. The number of aromatic nitrogens is 2. The van der Waals surface area contributed by atoms with E-state index in [1.54, 1.807) is 0 Å². The summed E-state index contributed by atoms with van der Waals surface area (Å²) < 4.78 is 51.1. The second kappa shape index (κ2) is 22.9. The number of rotatable bonds is 8. The van der Waals surface area contributed by atoms with Crippen LogP contribution in [0, 0.1) is 0 Å². The van der Waals surface area contributed by atoms with E-state index in [9.17, 15) is 2.74 Å². The highest BCUT2D eigenvalue weighted by Gasteiger charge is 2.46. The molecule has 4 nitrogen and oxygen atoms in total. The van der Waals surface area contributed by atoms with Crippen molar-refractivity contribution in [2.45, 2.75) is 105 Å². The first kappa shape index (κ1) is 56.2. The first-order valence-electron chi connectivity index (χ1n) is 37.4. The maximum atomic E-state index is 9.58. The first-order valence-corrected chi connectivity index (χ1v) is 34.9. The van der Waals surface area contributed by atoms with E-state index in [0.717, 1.165) is 134 Å². The molecule has 482 valence electrons. The fraction of sp³-hybridized carbons (Fsp3) is 0.170. The van der Waals surface area contributed by atoms with Gasteiger partial charge in [-0.3, -0.25) is 0 Å². The summed E-state index contributed by atoms with van der Waals surface area (Å²) >= 11 is 0.